The van der Waals surface area contributed by atoms with E-state index in [4.69, 9.17) is 0 Å². The van der Waals surface area contributed by atoms with Crippen LogP contribution in [-0.2, 0) is 11.3 Å². The van der Waals surface area contributed by atoms with Gasteiger partial charge < -0.3 is 9.80 Å². The minimum Gasteiger partial charge on any atom is -0.334 e. The van der Waals surface area contributed by atoms with Crippen molar-refractivity contribution in [2.24, 2.45) is 0 Å². The molecule has 2 aromatic rings. The smallest absolute Gasteiger partial charge is 0.250 e. The summed E-state index contributed by atoms with van der Waals surface area (Å²) in [6.45, 7) is 5.94. The van der Waals surface area contributed by atoms with Gasteiger partial charge in [0.2, 0.25) is 0 Å². The molecule has 24 heavy (non-hydrogen) atoms. The highest BCUT2D eigenvalue weighted by atomic mass is 16.2. The lowest BCUT2D eigenvalue weighted by molar-refractivity contribution is -0.128. The van der Waals surface area contributed by atoms with E-state index >= 15 is 0 Å². The second-order valence-corrected chi connectivity index (χ2v) is 6.69. The fourth-order valence-electron chi connectivity index (χ4n) is 3.41. The van der Waals surface area contributed by atoms with Crippen molar-refractivity contribution >= 4 is 5.91 Å². The maximum absolute atomic E-state index is 12.8. The van der Waals surface area contributed by atoms with Gasteiger partial charge in [0.15, 0.2) is 0 Å². The molecule has 0 aliphatic carbocycles. The van der Waals surface area contributed by atoms with Gasteiger partial charge in [-0.05, 0) is 30.8 Å². The van der Waals surface area contributed by atoms with E-state index in [-0.39, 0.29) is 11.8 Å². The van der Waals surface area contributed by atoms with Crippen LogP contribution in [0.25, 0.3) is 0 Å². The van der Waals surface area contributed by atoms with Crippen LogP contribution in [0.2, 0.25) is 0 Å². The molecule has 0 aromatic heterocycles. The number of hydrogen-bond donors (Lipinski definition) is 0. The molecule has 0 radical (unpaired) electrons. The van der Waals surface area contributed by atoms with Crippen molar-refractivity contribution in [3.8, 4) is 0 Å². The summed E-state index contributed by atoms with van der Waals surface area (Å²) in [7, 11) is 3.91. The molecular weight excluding hydrogens is 296 g/mol. The lowest BCUT2D eigenvalue weighted by Gasteiger charge is -2.35. The molecular formula is C21H24N2O. The van der Waals surface area contributed by atoms with Crippen LogP contribution in [0.15, 0.2) is 66.7 Å². The van der Waals surface area contributed by atoms with Crippen LogP contribution in [0.4, 0.5) is 0 Å². The molecule has 0 N–H and O–H groups in total. The van der Waals surface area contributed by atoms with Gasteiger partial charge in [0.25, 0.3) is 5.91 Å². The number of hydrogen-bond acceptors (Lipinski definition) is 2. The molecule has 1 heterocycles. The van der Waals surface area contributed by atoms with E-state index in [1.165, 1.54) is 16.7 Å². The van der Waals surface area contributed by atoms with Gasteiger partial charge in [0.1, 0.15) is 0 Å². The van der Waals surface area contributed by atoms with Crippen LogP contribution < -0.4 is 0 Å². The highest BCUT2D eigenvalue weighted by Gasteiger charge is 2.29. The Hall–Kier alpha value is -2.39. The molecule has 0 spiro atoms. The van der Waals surface area contributed by atoms with Crippen LogP contribution in [0.3, 0.4) is 0 Å². The standard InChI is InChI=1S/C21H24N2O/c1-16(13-22(2)3)21(24)23-14-18-11-7-8-12-19(18)20(15-23)17-9-5-4-6-10-17/h4-12,20H,1,13-15H2,2-3H3. The van der Waals surface area contributed by atoms with Gasteiger partial charge in [0, 0.05) is 31.1 Å². The summed E-state index contributed by atoms with van der Waals surface area (Å²) in [5.41, 5.74) is 4.45. The minimum absolute atomic E-state index is 0.0548. The number of carbonyl (C=O) groups excluding carboxylic acids is 1. The molecule has 3 nitrogen and oxygen atoms in total. The van der Waals surface area contributed by atoms with Crippen molar-refractivity contribution in [3.63, 3.8) is 0 Å². The molecule has 3 heteroatoms. The van der Waals surface area contributed by atoms with E-state index in [2.05, 4.69) is 49.0 Å². The Labute approximate surface area is 144 Å². The van der Waals surface area contributed by atoms with Gasteiger partial charge in [-0.15, -0.1) is 0 Å². The van der Waals surface area contributed by atoms with Crippen LogP contribution in [0.1, 0.15) is 22.6 Å². The van der Waals surface area contributed by atoms with Crippen molar-refractivity contribution < 1.29 is 4.79 Å². The van der Waals surface area contributed by atoms with Gasteiger partial charge in [-0.2, -0.15) is 0 Å². The molecule has 1 amide bonds. The van der Waals surface area contributed by atoms with Crippen LogP contribution in [0, 0.1) is 0 Å². The van der Waals surface area contributed by atoms with Crippen LogP contribution in [0.5, 0.6) is 0 Å². The first-order chi connectivity index (χ1) is 11.6. The Morgan fingerprint density at radius 3 is 2.50 bits per heavy atom. The van der Waals surface area contributed by atoms with E-state index in [9.17, 15) is 4.79 Å². The Kier molecular flexibility index (Phi) is 4.81. The molecule has 124 valence electrons. The van der Waals surface area contributed by atoms with E-state index in [1.54, 1.807) is 0 Å². The van der Waals surface area contributed by atoms with Gasteiger partial charge in [-0.1, -0.05) is 61.2 Å². The summed E-state index contributed by atoms with van der Waals surface area (Å²) in [5.74, 6) is 0.270. The maximum atomic E-state index is 12.8. The van der Waals surface area contributed by atoms with Crippen molar-refractivity contribution in [1.82, 2.24) is 9.80 Å². The summed E-state index contributed by atoms with van der Waals surface area (Å²) in [4.78, 5) is 16.7. The van der Waals surface area contributed by atoms with Gasteiger partial charge >= 0.3 is 0 Å². The normalized spacial score (nSPS) is 16.8. The summed E-state index contributed by atoms with van der Waals surface area (Å²) in [5, 5.41) is 0. The molecule has 1 aliphatic heterocycles. The molecule has 1 aliphatic rings. The quantitative estimate of drug-likeness (QED) is 0.807. The largest absolute Gasteiger partial charge is 0.334 e. The van der Waals surface area contributed by atoms with E-state index < -0.39 is 0 Å². The highest BCUT2D eigenvalue weighted by Crippen LogP contribution is 2.33. The third-order valence-corrected chi connectivity index (χ3v) is 4.49. The van der Waals surface area contributed by atoms with Crippen molar-refractivity contribution in [3.05, 3.63) is 83.4 Å². The second kappa shape index (κ2) is 7.02. The number of benzene rings is 2. The zero-order valence-electron chi connectivity index (χ0n) is 14.4. The summed E-state index contributed by atoms with van der Waals surface area (Å²) in [6, 6.07) is 18.9. The first kappa shape index (κ1) is 16.5. The van der Waals surface area contributed by atoms with Gasteiger partial charge in [0.05, 0.1) is 0 Å². The Morgan fingerprint density at radius 1 is 1.12 bits per heavy atom. The highest BCUT2D eigenvalue weighted by molar-refractivity contribution is 5.93. The maximum Gasteiger partial charge on any atom is 0.250 e. The summed E-state index contributed by atoms with van der Waals surface area (Å²) < 4.78 is 0. The molecule has 0 saturated carbocycles. The lowest BCUT2D eigenvalue weighted by atomic mass is 9.84. The van der Waals surface area contributed by atoms with Crippen molar-refractivity contribution in [2.45, 2.75) is 12.5 Å². The summed E-state index contributed by atoms with van der Waals surface area (Å²) in [6.07, 6.45) is 0. The van der Waals surface area contributed by atoms with E-state index in [1.807, 2.05) is 36.0 Å². The molecule has 2 aromatic carbocycles. The molecule has 3 rings (SSSR count). The Bertz CT molecular complexity index is 737. The van der Waals surface area contributed by atoms with Gasteiger partial charge in [-0.3, -0.25) is 4.79 Å². The number of likely N-dealkylation sites (N-methyl/N-ethyl adjacent to an activating group) is 1. The minimum atomic E-state index is 0.0548. The Morgan fingerprint density at radius 2 is 1.79 bits per heavy atom. The Balaban J connectivity index is 1.91. The predicted octanol–water partition coefficient (Wildman–Crippen LogP) is 3.28. The fourth-order valence-corrected chi connectivity index (χ4v) is 3.41. The zero-order chi connectivity index (χ0) is 17.1. The van der Waals surface area contributed by atoms with Gasteiger partial charge in [-0.25, -0.2) is 0 Å². The number of amides is 1. The average molecular weight is 320 g/mol. The lowest BCUT2D eigenvalue weighted by Crippen LogP contribution is -2.40. The van der Waals surface area contributed by atoms with Crippen molar-refractivity contribution in [1.29, 1.82) is 0 Å². The molecule has 0 bridgehead atoms. The zero-order valence-corrected chi connectivity index (χ0v) is 14.4. The third-order valence-electron chi connectivity index (χ3n) is 4.49. The number of nitrogens with zero attached hydrogens (tertiary/aromatic N) is 2. The first-order valence-electron chi connectivity index (χ1n) is 8.31. The molecule has 0 saturated heterocycles. The first-order valence-corrected chi connectivity index (χ1v) is 8.31. The van der Waals surface area contributed by atoms with E-state index in [0.717, 1.165) is 0 Å². The van der Waals surface area contributed by atoms with E-state index in [0.29, 0.717) is 25.2 Å². The molecule has 0 fully saturated rings. The monoisotopic (exact) mass is 320 g/mol. The topological polar surface area (TPSA) is 23.6 Å². The summed E-state index contributed by atoms with van der Waals surface area (Å²) >= 11 is 0. The van der Waals surface area contributed by atoms with Crippen molar-refractivity contribution in [2.75, 3.05) is 27.2 Å². The molecule has 1 unspecified atom stereocenters. The predicted molar refractivity (Wildman–Crippen MR) is 97.8 cm³/mol. The SMILES string of the molecule is C=C(CN(C)C)C(=O)N1Cc2ccccc2C(c2ccccc2)C1. The number of fused-ring (bicyclic) bond motifs is 1. The van der Waals surface area contributed by atoms with Crippen LogP contribution >= 0.6 is 0 Å². The fraction of sp³-hybridized carbons (Fsp3) is 0.286. The second-order valence-electron chi connectivity index (χ2n) is 6.69. The molecule has 1 atom stereocenters. The van der Waals surface area contributed by atoms with Crippen LogP contribution in [-0.4, -0.2) is 42.9 Å². The average Bonchev–Trinajstić information content (AvgIpc) is 2.60. The number of carbonyl (C=O) groups is 1. The third kappa shape index (κ3) is 3.41. The number of rotatable bonds is 4.